The predicted octanol–water partition coefficient (Wildman–Crippen LogP) is 4.72. The van der Waals surface area contributed by atoms with Crippen molar-refractivity contribution in [1.29, 1.82) is 0 Å². The molecule has 1 fully saturated rings. The first-order valence-corrected chi connectivity index (χ1v) is 9.16. The van der Waals surface area contributed by atoms with Gasteiger partial charge in [0, 0.05) is 28.5 Å². The van der Waals surface area contributed by atoms with Gasteiger partial charge in [-0.3, -0.25) is 4.98 Å². The number of hydrogen-bond donors (Lipinski definition) is 1. The third kappa shape index (κ3) is 3.42. The molecule has 1 N–H and O–H groups in total. The van der Waals surface area contributed by atoms with Crippen molar-refractivity contribution in [3.63, 3.8) is 0 Å². The lowest BCUT2D eigenvalue weighted by atomic mass is 9.90. The second-order valence-electron chi connectivity index (χ2n) is 6.91. The molecule has 0 bridgehead atoms. The molecule has 28 heavy (non-hydrogen) atoms. The van der Waals surface area contributed by atoms with E-state index in [1.54, 1.807) is 18.2 Å². The largest absolute Gasteiger partial charge is 0.423 e. The molecule has 2 amide bonds. The molecule has 9 heteroatoms. The van der Waals surface area contributed by atoms with Gasteiger partial charge >= 0.3 is 12.2 Å². The summed E-state index contributed by atoms with van der Waals surface area (Å²) in [6, 6.07) is 8.14. The third-order valence-electron chi connectivity index (χ3n) is 4.95. The van der Waals surface area contributed by atoms with Gasteiger partial charge in [0.05, 0.1) is 18.8 Å². The number of rotatable bonds is 4. The number of amides is 2. The first-order valence-electron chi connectivity index (χ1n) is 8.78. The number of nitrogens with zero attached hydrogens (tertiary/aromatic N) is 2. The molecule has 148 valence electrons. The van der Waals surface area contributed by atoms with Crippen molar-refractivity contribution in [3.05, 3.63) is 58.9 Å². The maximum Gasteiger partial charge on any atom is 0.423 e. The van der Waals surface area contributed by atoms with Gasteiger partial charge < -0.3 is 15.0 Å². The zero-order chi connectivity index (χ0) is 19.9. The third-order valence-corrected chi connectivity index (χ3v) is 5.19. The summed E-state index contributed by atoms with van der Waals surface area (Å²) in [7, 11) is 0. The average molecular weight is 412 g/mol. The lowest BCUT2D eigenvalue weighted by Crippen LogP contribution is -2.53. The Labute approximate surface area is 164 Å². The molecule has 0 unspecified atom stereocenters. The highest BCUT2D eigenvalue weighted by Crippen LogP contribution is 2.49. The van der Waals surface area contributed by atoms with E-state index in [4.69, 9.17) is 16.3 Å². The predicted molar refractivity (Wildman–Crippen MR) is 97.0 cm³/mol. The van der Waals surface area contributed by atoms with E-state index >= 15 is 0 Å². The van der Waals surface area contributed by atoms with Gasteiger partial charge in [0.2, 0.25) is 5.60 Å². The molecule has 1 aliphatic carbocycles. The molecular formula is C19H17ClF3N3O2. The van der Waals surface area contributed by atoms with Gasteiger partial charge in [-0.2, -0.15) is 13.2 Å². The monoisotopic (exact) mass is 411 g/mol. The number of anilines is 1. The van der Waals surface area contributed by atoms with Gasteiger partial charge in [-0.15, -0.1) is 0 Å². The highest BCUT2D eigenvalue weighted by Gasteiger charge is 2.61. The van der Waals surface area contributed by atoms with Gasteiger partial charge in [-0.05, 0) is 43.2 Å². The van der Waals surface area contributed by atoms with Crippen LogP contribution in [0.5, 0.6) is 0 Å². The first-order chi connectivity index (χ1) is 13.3. The van der Waals surface area contributed by atoms with Crippen molar-refractivity contribution in [1.82, 2.24) is 9.88 Å². The lowest BCUT2D eigenvalue weighted by molar-refractivity contribution is -0.291. The van der Waals surface area contributed by atoms with E-state index in [0.29, 0.717) is 18.5 Å². The smallest absolute Gasteiger partial charge is 0.353 e. The number of halogens is 4. The molecule has 1 atom stereocenters. The number of urea groups is 1. The van der Waals surface area contributed by atoms with Crippen LogP contribution in [-0.2, 0) is 16.9 Å². The number of ether oxygens (including phenoxy) is 1. The van der Waals surface area contributed by atoms with Crippen molar-refractivity contribution in [2.45, 2.75) is 37.3 Å². The van der Waals surface area contributed by atoms with E-state index in [9.17, 15) is 18.0 Å². The maximum absolute atomic E-state index is 14.5. The Hall–Kier alpha value is -2.32. The minimum Gasteiger partial charge on any atom is -0.353 e. The second-order valence-corrected chi connectivity index (χ2v) is 7.35. The molecule has 1 aliphatic heterocycles. The average Bonchev–Trinajstić information content (AvgIpc) is 3.48. The summed E-state index contributed by atoms with van der Waals surface area (Å²) in [6.45, 7) is -1.01. The number of carbonyl (C=O) groups excluding carboxylic acids is 1. The van der Waals surface area contributed by atoms with E-state index in [-0.39, 0.29) is 28.9 Å². The van der Waals surface area contributed by atoms with Gasteiger partial charge in [-0.1, -0.05) is 17.7 Å². The van der Waals surface area contributed by atoms with Crippen LogP contribution in [-0.4, -0.2) is 34.7 Å². The van der Waals surface area contributed by atoms with Crippen LogP contribution in [0.15, 0.2) is 42.6 Å². The number of benzene rings is 1. The van der Waals surface area contributed by atoms with Crippen LogP contribution in [0.4, 0.5) is 23.7 Å². The van der Waals surface area contributed by atoms with Gasteiger partial charge in [0.15, 0.2) is 0 Å². The van der Waals surface area contributed by atoms with Gasteiger partial charge in [0.25, 0.3) is 0 Å². The topological polar surface area (TPSA) is 54.5 Å². The normalized spacial score (nSPS) is 22.4. The number of hydrogen-bond acceptors (Lipinski definition) is 3. The summed E-state index contributed by atoms with van der Waals surface area (Å²) in [5, 5.41) is 2.71. The zero-order valence-electron chi connectivity index (χ0n) is 14.7. The molecule has 0 saturated heterocycles. The molecule has 5 nitrogen and oxygen atoms in total. The van der Waals surface area contributed by atoms with E-state index in [0.717, 1.165) is 0 Å². The Bertz CT molecular complexity index is 890. The lowest BCUT2D eigenvalue weighted by Gasteiger charge is -2.38. The summed E-state index contributed by atoms with van der Waals surface area (Å²) >= 11 is 6.01. The summed E-state index contributed by atoms with van der Waals surface area (Å²) in [6.07, 6.45) is -1.98. The Kier molecular flexibility index (Phi) is 4.71. The van der Waals surface area contributed by atoms with Crippen molar-refractivity contribution < 1.29 is 22.7 Å². The quantitative estimate of drug-likeness (QED) is 0.792. The summed E-state index contributed by atoms with van der Waals surface area (Å²) in [4.78, 5) is 17.8. The number of nitrogens with one attached hydrogen (secondary N) is 1. The van der Waals surface area contributed by atoms with Crippen molar-refractivity contribution >= 4 is 23.3 Å². The minimum absolute atomic E-state index is 0.0379. The maximum atomic E-state index is 14.5. The highest BCUT2D eigenvalue weighted by molar-refractivity contribution is 6.30. The Morgan fingerprint density at radius 1 is 1.29 bits per heavy atom. The summed E-state index contributed by atoms with van der Waals surface area (Å²) in [5.74, 6) is 0. The molecular weight excluding hydrogens is 395 g/mol. The minimum atomic E-state index is -4.79. The Morgan fingerprint density at radius 3 is 2.71 bits per heavy atom. The van der Waals surface area contributed by atoms with Crippen LogP contribution in [0.25, 0.3) is 0 Å². The van der Waals surface area contributed by atoms with Crippen LogP contribution in [0.1, 0.15) is 24.1 Å². The molecule has 1 aromatic carbocycles. The molecule has 2 aliphatic rings. The number of aromatic nitrogens is 1. The standard InChI is InChI=1S/C19H17ClF3N3O2/c20-12-4-7-16-15(9-12)18(19(21,22)23,28-10-13-3-1-2-8-24-13)11-26(14-5-6-14)17(27)25-16/h1-4,7-9,14H,5-6,10-11H2,(H,25,27)/t18-/m1/s1. The first kappa shape index (κ1) is 19.0. The van der Waals surface area contributed by atoms with E-state index in [1.807, 2.05) is 0 Å². The van der Waals surface area contributed by atoms with Crippen molar-refractivity contribution in [3.8, 4) is 0 Å². The second kappa shape index (κ2) is 6.93. The van der Waals surface area contributed by atoms with Crippen LogP contribution in [0.3, 0.4) is 0 Å². The van der Waals surface area contributed by atoms with Gasteiger partial charge in [-0.25, -0.2) is 4.79 Å². The molecule has 2 aromatic rings. The Morgan fingerprint density at radius 2 is 2.07 bits per heavy atom. The number of fused-ring (bicyclic) bond motifs is 1. The molecule has 0 radical (unpaired) electrons. The van der Waals surface area contributed by atoms with E-state index < -0.39 is 24.4 Å². The summed E-state index contributed by atoms with van der Waals surface area (Å²) < 4.78 is 49.1. The zero-order valence-corrected chi connectivity index (χ0v) is 15.4. The number of alkyl halides is 3. The van der Waals surface area contributed by atoms with Crippen LogP contribution >= 0.6 is 11.6 Å². The van der Waals surface area contributed by atoms with Crippen LogP contribution in [0.2, 0.25) is 5.02 Å². The highest BCUT2D eigenvalue weighted by atomic mass is 35.5. The fourth-order valence-corrected chi connectivity index (χ4v) is 3.52. The SMILES string of the molecule is O=C1Nc2ccc(Cl)cc2[C@@](OCc2ccccn2)(C(F)(F)F)CN1C1CC1. The summed E-state index contributed by atoms with van der Waals surface area (Å²) in [5.41, 5.74) is -2.54. The molecule has 1 aromatic heterocycles. The van der Waals surface area contributed by atoms with Crippen molar-refractivity contribution in [2.24, 2.45) is 0 Å². The Balaban J connectivity index is 1.82. The molecule has 0 spiro atoms. The number of pyridine rings is 1. The molecule has 2 heterocycles. The fraction of sp³-hybridized carbons (Fsp3) is 0.368. The van der Waals surface area contributed by atoms with Gasteiger partial charge in [0.1, 0.15) is 0 Å². The van der Waals surface area contributed by atoms with E-state index in [2.05, 4.69) is 10.3 Å². The van der Waals surface area contributed by atoms with Crippen molar-refractivity contribution in [2.75, 3.05) is 11.9 Å². The number of carbonyl (C=O) groups is 1. The van der Waals surface area contributed by atoms with Crippen LogP contribution in [0, 0.1) is 0 Å². The molecule has 1 saturated carbocycles. The van der Waals surface area contributed by atoms with Crippen LogP contribution < -0.4 is 5.32 Å². The van der Waals surface area contributed by atoms with E-state index in [1.165, 1.54) is 29.3 Å². The molecule has 4 rings (SSSR count). The fourth-order valence-electron chi connectivity index (χ4n) is 3.35.